The third kappa shape index (κ3) is 4.35. The van der Waals surface area contributed by atoms with Crippen LogP contribution in [0.1, 0.15) is 26.5 Å². The average Bonchev–Trinajstić information content (AvgIpc) is 2.45. The van der Waals surface area contributed by atoms with E-state index in [9.17, 15) is 4.79 Å². The molecular weight excluding hydrogens is 198 g/mol. The molecule has 1 aromatic rings. The van der Waals surface area contributed by atoms with E-state index in [1.807, 2.05) is 0 Å². The predicted molar refractivity (Wildman–Crippen MR) is 54.0 cm³/mol. The second-order valence-electron chi connectivity index (χ2n) is 4.08. The molecule has 0 aliphatic carbocycles. The van der Waals surface area contributed by atoms with Crippen molar-refractivity contribution in [1.82, 2.24) is 10.5 Å². The summed E-state index contributed by atoms with van der Waals surface area (Å²) in [5, 5.41) is 6.14. The molecule has 0 bridgehead atoms. The van der Waals surface area contributed by atoms with Gasteiger partial charge in [-0.25, -0.2) is 4.79 Å². The number of aromatic nitrogens is 1. The molecule has 0 fully saturated rings. The van der Waals surface area contributed by atoms with Gasteiger partial charge in [-0.3, -0.25) is 0 Å². The van der Waals surface area contributed by atoms with E-state index in [1.54, 1.807) is 20.8 Å². The third-order valence-electron chi connectivity index (χ3n) is 1.39. The quantitative estimate of drug-likeness (QED) is 0.772. The van der Waals surface area contributed by atoms with Crippen LogP contribution in [0.5, 0.6) is 0 Å². The molecule has 0 saturated heterocycles. The Bertz CT molecular complexity index is 341. The van der Waals surface area contributed by atoms with Crippen molar-refractivity contribution in [3.05, 3.63) is 11.8 Å². The Morgan fingerprint density at radius 1 is 1.67 bits per heavy atom. The third-order valence-corrected chi connectivity index (χ3v) is 1.39. The smallest absolute Gasteiger partial charge is 0.407 e. The first-order chi connectivity index (χ1) is 6.87. The first kappa shape index (κ1) is 11.4. The summed E-state index contributed by atoms with van der Waals surface area (Å²) in [4.78, 5) is 11.2. The predicted octanol–water partition coefficient (Wildman–Crippen LogP) is 1.28. The average molecular weight is 213 g/mol. The lowest BCUT2D eigenvalue weighted by molar-refractivity contribution is 0.0522. The lowest BCUT2D eigenvalue weighted by Crippen LogP contribution is -2.32. The summed E-state index contributed by atoms with van der Waals surface area (Å²) in [7, 11) is 0. The van der Waals surface area contributed by atoms with Gasteiger partial charge in [0.25, 0.3) is 0 Å². The maximum atomic E-state index is 11.2. The second-order valence-corrected chi connectivity index (χ2v) is 4.08. The number of carbonyl (C=O) groups excluding carboxylic acids is 1. The van der Waals surface area contributed by atoms with Gasteiger partial charge in [-0.15, -0.1) is 0 Å². The molecule has 1 aromatic heterocycles. The minimum atomic E-state index is -0.507. The van der Waals surface area contributed by atoms with Gasteiger partial charge in [0.1, 0.15) is 11.3 Å². The van der Waals surface area contributed by atoms with Crippen molar-refractivity contribution in [2.24, 2.45) is 0 Å². The van der Waals surface area contributed by atoms with Crippen molar-refractivity contribution < 1.29 is 14.1 Å². The normalized spacial score (nSPS) is 11.1. The number of nitrogens with two attached hydrogens (primary N) is 1. The zero-order chi connectivity index (χ0) is 11.5. The molecule has 0 aliphatic rings. The highest BCUT2D eigenvalue weighted by atomic mass is 16.6. The monoisotopic (exact) mass is 213 g/mol. The minimum Gasteiger partial charge on any atom is -0.444 e. The van der Waals surface area contributed by atoms with E-state index in [2.05, 4.69) is 15.0 Å². The van der Waals surface area contributed by atoms with Crippen LogP contribution >= 0.6 is 0 Å². The Kier molecular flexibility index (Phi) is 3.18. The van der Waals surface area contributed by atoms with Crippen LogP contribution in [0.4, 0.5) is 10.7 Å². The van der Waals surface area contributed by atoms with Crippen LogP contribution < -0.4 is 11.1 Å². The first-order valence-electron chi connectivity index (χ1n) is 4.55. The van der Waals surface area contributed by atoms with Crippen molar-refractivity contribution in [3.8, 4) is 0 Å². The molecule has 1 amide bonds. The van der Waals surface area contributed by atoms with Gasteiger partial charge >= 0.3 is 6.09 Å². The molecule has 0 radical (unpaired) electrons. The Morgan fingerprint density at radius 3 is 2.80 bits per heavy atom. The number of carbonyl (C=O) groups is 1. The summed E-state index contributed by atoms with van der Waals surface area (Å²) in [6, 6.07) is 1.54. The SMILES string of the molecule is CC(C)(C)OC(=O)NCc1cc(N)on1. The van der Waals surface area contributed by atoms with E-state index in [0.717, 1.165) is 0 Å². The lowest BCUT2D eigenvalue weighted by atomic mass is 10.2. The van der Waals surface area contributed by atoms with Gasteiger partial charge in [-0.2, -0.15) is 0 Å². The molecule has 6 heteroatoms. The zero-order valence-corrected chi connectivity index (χ0v) is 9.03. The van der Waals surface area contributed by atoms with Gasteiger partial charge < -0.3 is 20.3 Å². The van der Waals surface area contributed by atoms with Crippen LogP contribution in [0.15, 0.2) is 10.6 Å². The summed E-state index contributed by atoms with van der Waals surface area (Å²) in [6.07, 6.45) is -0.496. The van der Waals surface area contributed by atoms with E-state index >= 15 is 0 Å². The molecule has 0 aliphatic heterocycles. The maximum absolute atomic E-state index is 11.2. The molecule has 0 saturated carbocycles. The minimum absolute atomic E-state index is 0.219. The standard InChI is InChI=1S/C9H15N3O3/c1-9(2,3)14-8(13)11-5-6-4-7(10)15-12-6/h4H,5,10H2,1-3H3,(H,11,13). The van der Waals surface area contributed by atoms with Crippen molar-refractivity contribution in [1.29, 1.82) is 0 Å². The Balaban J connectivity index is 2.35. The molecular formula is C9H15N3O3. The highest BCUT2D eigenvalue weighted by Gasteiger charge is 2.15. The summed E-state index contributed by atoms with van der Waals surface area (Å²) >= 11 is 0. The lowest BCUT2D eigenvalue weighted by Gasteiger charge is -2.19. The number of anilines is 1. The van der Waals surface area contributed by atoms with Crippen LogP contribution in [-0.2, 0) is 11.3 Å². The topological polar surface area (TPSA) is 90.4 Å². The van der Waals surface area contributed by atoms with Crippen LogP contribution in [0.2, 0.25) is 0 Å². The van der Waals surface area contributed by atoms with Crippen LogP contribution in [0, 0.1) is 0 Å². The molecule has 1 rings (SSSR count). The van der Waals surface area contributed by atoms with E-state index < -0.39 is 11.7 Å². The number of hydrogen-bond acceptors (Lipinski definition) is 5. The van der Waals surface area contributed by atoms with Gasteiger partial charge in [-0.1, -0.05) is 5.16 Å². The molecule has 15 heavy (non-hydrogen) atoms. The largest absolute Gasteiger partial charge is 0.444 e. The van der Waals surface area contributed by atoms with E-state index in [-0.39, 0.29) is 12.4 Å². The number of alkyl carbamates (subject to hydrolysis) is 1. The van der Waals surface area contributed by atoms with Crippen molar-refractivity contribution in [2.75, 3.05) is 5.73 Å². The van der Waals surface area contributed by atoms with E-state index in [4.69, 9.17) is 10.5 Å². The van der Waals surface area contributed by atoms with Crippen molar-refractivity contribution in [3.63, 3.8) is 0 Å². The van der Waals surface area contributed by atoms with Crippen LogP contribution in [0.25, 0.3) is 0 Å². The fraction of sp³-hybridized carbons (Fsp3) is 0.556. The van der Waals surface area contributed by atoms with Crippen molar-refractivity contribution >= 4 is 12.0 Å². The zero-order valence-electron chi connectivity index (χ0n) is 9.03. The van der Waals surface area contributed by atoms with Gasteiger partial charge in [0.05, 0.1) is 6.54 Å². The number of amides is 1. The van der Waals surface area contributed by atoms with Gasteiger partial charge in [0.2, 0.25) is 5.88 Å². The highest BCUT2D eigenvalue weighted by Crippen LogP contribution is 2.07. The fourth-order valence-corrected chi connectivity index (χ4v) is 0.888. The number of hydrogen-bond donors (Lipinski definition) is 2. The van der Waals surface area contributed by atoms with Gasteiger partial charge in [0.15, 0.2) is 0 Å². The summed E-state index contributed by atoms with van der Waals surface area (Å²) in [5.41, 5.74) is 5.36. The number of nitrogen functional groups attached to an aromatic ring is 1. The first-order valence-corrected chi connectivity index (χ1v) is 4.55. The fourth-order valence-electron chi connectivity index (χ4n) is 0.888. The molecule has 0 unspecified atom stereocenters. The van der Waals surface area contributed by atoms with Crippen LogP contribution in [-0.4, -0.2) is 16.9 Å². The molecule has 6 nitrogen and oxygen atoms in total. The Hall–Kier alpha value is -1.72. The summed E-state index contributed by atoms with van der Waals surface area (Å²) in [5.74, 6) is 0.219. The summed E-state index contributed by atoms with van der Waals surface area (Å²) in [6.45, 7) is 5.61. The van der Waals surface area contributed by atoms with E-state index in [0.29, 0.717) is 5.69 Å². The molecule has 0 aromatic carbocycles. The maximum Gasteiger partial charge on any atom is 0.407 e. The van der Waals surface area contributed by atoms with Gasteiger partial charge in [0, 0.05) is 6.07 Å². The number of ether oxygens (including phenoxy) is 1. The summed E-state index contributed by atoms with van der Waals surface area (Å²) < 4.78 is 9.66. The van der Waals surface area contributed by atoms with Gasteiger partial charge in [-0.05, 0) is 20.8 Å². The van der Waals surface area contributed by atoms with Crippen LogP contribution in [0.3, 0.4) is 0 Å². The molecule has 1 heterocycles. The second kappa shape index (κ2) is 4.20. The molecule has 3 N–H and O–H groups in total. The highest BCUT2D eigenvalue weighted by molar-refractivity contribution is 5.67. The molecule has 0 atom stereocenters. The Labute approximate surface area is 87.8 Å². The number of rotatable bonds is 2. The number of nitrogens with one attached hydrogen (secondary N) is 1. The molecule has 0 spiro atoms. The van der Waals surface area contributed by atoms with E-state index in [1.165, 1.54) is 6.07 Å². The Morgan fingerprint density at radius 2 is 2.33 bits per heavy atom. The number of nitrogens with zero attached hydrogens (tertiary/aromatic N) is 1. The molecule has 84 valence electrons. The van der Waals surface area contributed by atoms with Crippen molar-refractivity contribution in [2.45, 2.75) is 32.9 Å².